The fraction of sp³-hybridized carbons (Fsp3) is 0.321. The highest BCUT2D eigenvalue weighted by Gasteiger charge is 2.22. The Hall–Kier alpha value is -4.11. The van der Waals surface area contributed by atoms with Crippen molar-refractivity contribution >= 4 is 22.5 Å². The molecule has 0 spiro atoms. The molecule has 1 fully saturated rings. The number of fused-ring (bicyclic) bond motifs is 1. The Morgan fingerprint density at radius 2 is 1.95 bits per heavy atom. The molecule has 1 atom stereocenters. The van der Waals surface area contributed by atoms with E-state index in [2.05, 4.69) is 37.2 Å². The number of nitrogens with zero attached hydrogens (tertiary/aromatic N) is 7. The Kier molecular flexibility index (Phi) is 5.92. The van der Waals surface area contributed by atoms with Crippen molar-refractivity contribution in [3.05, 3.63) is 71.9 Å². The van der Waals surface area contributed by atoms with Crippen molar-refractivity contribution in [3.8, 4) is 17.1 Å². The number of pyridine rings is 1. The van der Waals surface area contributed by atoms with Gasteiger partial charge in [0.15, 0.2) is 5.82 Å². The zero-order valence-corrected chi connectivity index (χ0v) is 21.3. The van der Waals surface area contributed by atoms with E-state index >= 15 is 0 Å². The number of aryl methyl sites for hydroxylation is 1. The molecule has 1 aromatic carbocycles. The van der Waals surface area contributed by atoms with Gasteiger partial charge in [-0.2, -0.15) is 10.2 Å². The molecule has 9 nitrogen and oxygen atoms in total. The van der Waals surface area contributed by atoms with Gasteiger partial charge in [0.1, 0.15) is 12.1 Å². The molecule has 1 saturated carbocycles. The molecular formula is C28H30N8O. The minimum atomic E-state index is -0.649. The highest BCUT2D eigenvalue weighted by Crippen LogP contribution is 2.33. The van der Waals surface area contributed by atoms with Gasteiger partial charge in [0.05, 0.1) is 34.7 Å². The number of hydrogen-bond donors (Lipinski definition) is 2. The molecule has 37 heavy (non-hydrogen) atoms. The normalized spacial score (nSPS) is 14.6. The Bertz CT molecular complexity index is 1560. The second kappa shape index (κ2) is 9.40. The maximum Gasteiger partial charge on any atom is 0.153 e. The molecule has 5 aromatic rings. The van der Waals surface area contributed by atoms with Crippen molar-refractivity contribution in [1.29, 1.82) is 0 Å². The van der Waals surface area contributed by atoms with Crippen molar-refractivity contribution in [2.45, 2.75) is 52.7 Å². The quantitative estimate of drug-likeness (QED) is 0.317. The summed E-state index contributed by atoms with van der Waals surface area (Å²) >= 11 is 0. The molecule has 0 bridgehead atoms. The van der Waals surface area contributed by atoms with Gasteiger partial charge in [0.25, 0.3) is 0 Å². The van der Waals surface area contributed by atoms with Gasteiger partial charge in [-0.15, -0.1) is 5.10 Å². The first-order chi connectivity index (χ1) is 18.0. The number of imidazole rings is 1. The van der Waals surface area contributed by atoms with Crippen LogP contribution in [0.3, 0.4) is 0 Å². The van der Waals surface area contributed by atoms with E-state index < -0.39 is 6.10 Å². The van der Waals surface area contributed by atoms with Crippen molar-refractivity contribution in [1.82, 2.24) is 34.5 Å². The number of nitrogens with one attached hydrogen (secondary N) is 1. The lowest BCUT2D eigenvalue weighted by Crippen LogP contribution is -2.19. The molecule has 4 aromatic heterocycles. The third kappa shape index (κ3) is 4.46. The van der Waals surface area contributed by atoms with Gasteiger partial charge in [-0.3, -0.25) is 9.25 Å². The predicted octanol–water partition coefficient (Wildman–Crippen LogP) is 5.29. The summed E-state index contributed by atoms with van der Waals surface area (Å²) in [5, 5.41) is 26.7. The smallest absolute Gasteiger partial charge is 0.153 e. The van der Waals surface area contributed by atoms with Crippen molar-refractivity contribution in [2.24, 2.45) is 5.92 Å². The number of rotatable bonds is 7. The van der Waals surface area contributed by atoms with Crippen LogP contribution in [0, 0.1) is 19.8 Å². The average Bonchev–Trinajstić information content (AvgIpc) is 3.45. The van der Waals surface area contributed by atoms with Gasteiger partial charge < -0.3 is 10.4 Å². The van der Waals surface area contributed by atoms with Crippen LogP contribution in [-0.2, 0) is 6.54 Å². The number of anilines is 2. The second-order valence-electron chi connectivity index (χ2n) is 9.91. The van der Waals surface area contributed by atoms with Gasteiger partial charge in [-0.25, -0.2) is 9.97 Å². The van der Waals surface area contributed by atoms with E-state index in [9.17, 15) is 5.11 Å². The first-order valence-corrected chi connectivity index (χ1v) is 12.7. The largest absolute Gasteiger partial charge is 0.389 e. The van der Waals surface area contributed by atoms with Crippen LogP contribution >= 0.6 is 0 Å². The minimum absolute atomic E-state index is 0.649. The molecule has 6 rings (SSSR count). The van der Waals surface area contributed by atoms with Crippen LogP contribution in [0.2, 0.25) is 0 Å². The van der Waals surface area contributed by atoms with Crippen LogP contribution in [0.1, 0.15) is 49.2 Å². The Labute approximate surface area is 215 Å². The monoisotopic (exact) mass is 494 g/mol. The molecule has 1 aliphatic rings. The Morgan fingerprint density at radius 3 is 2.68 bits per heavy atom. The van der Waals surface area contributed by atoms with Gasteiger partial charge in [0, 0.05) is 29.1 Å². The van der Waals surface area contributed by atoms with E-state index in [-0.39, 0.29) is 0 Å². The fourth-order valence-corrected chi connectivity index (χ4v) is 4.82. The molecule has 0 amide bonds. The number of benzene rings is 1. The number of hydrogen-bond acceptors (Lipinski definition) is 7. The summed E-state index contributed by atoms with van der Waals surface area (Å²) in [5.74, 6) is 2.12. The Morgan fingerprint density at radius 1 is 1.08 bits per heavy atom. The predicted molar refractivity (Wildman–Crippen MR) is 143 cm³/mol. The fourth-order valence-electron chi connectivity index (χ4n) is 4.82. The zero-order chi connectivity index (χ0) is 25.5. The Balaban J connectivity index is 1.35. The van der Waals surface area contributed by atoms with Crippen LogP contribution in [-0.4, -0.2) is 39.6 Å². The van der Waals surface area contributed by atoms with Gasteiger partial charge >= 0.3 is 0 Å². The molecule has 0 aliphatic heterocycles. The molecule has 188 valence electrons. The number of aromatic nitrogens is 7. The lowest BCUT2D eigenvalue weighted by Gasteiger charge is -2.25. The van der Waals surface area contributed by atoms with Crippen molar-refractivity contribution < 1.29 is 5.11 Å². The van der Waals surface area contributed by atoms with E-state index in [4.69, 9.17) is 4.98 Å². The van der Waals surface area contributed by atoms with Crippen LogP contribution < -0.4 is 5.32 Å². The molecule has 2 N–H and O–H groups in total. The van der Waals surface area contributed by atoms with Gasteiger partial charge in [0.2, 0.25) is 0 Å². The molecule has 4 heterocycles. The maximum atomic E-state index is 10.5. The standard InChI is InChI=1S/C28H30N8O/c1-17-7-11-26(34-33-17)31-21-8-10-25-24(13-21)29-16-35(25)27-12-9-22(19(3)37)28(32-27)23-14-30-36(18(23)2)15-20-5-4-6-20/h7-14,16,19-20,37H,4-6,15H2,1-3H3,(H,31,34). The summed E-state index contributed by atoms with van der Waals surface area (Å²) in [6, 6.07) is 13.7. The van der Waals surface area contributed by atoms with Gasteiger partial charge in [-0.1, -0.05) is 12.5 Å². The van der Waals surface area contributed by atoms with Crippen LogP contribution in [0.4, 0.5) is 11.5 Å². The molecular weight excluding hydrogens is 464 g/mol. The van der Waals surface area contributed by atoms with Crippen molar-refractivity contribution in [3.63, 3.8) is 0 Å². The molecule has 9 heteroatoms. The van der Waals surface area contributed by atoms with E-state index in [1.54, 1.807) is 13.3 Å². The molecule has 1 unspecified atom stereocenters. The minimum Gasteiger partial charge on any atom is -0.389 e. The number of aliphatic hydroxyl groups is 1. The summed E-state index contributed by atoms with van der Waals surface area (Å²) in [6.45, 7) is 6.70. The van der Waals surface area contributed by atoms with Gasteiger partial charge in [-0.05, 0) is 75.9 Å². The third-order valence-electron chi connectivity index (χ3n) is 7.24. The van der Waals surface area contributed by atoms with Crippen LogP contribution in [0.15, 0.2) is 55.0 Å². The van der Waals surface area contributed by atoms with Crippen molar-refractivity contribution in [2.75, 3.05) is 5.32 Å². The summed E-state index contributed by atoms with van der Waals surface area (Å²) in [5.41, 5.74) is 7.07. The first kappa shape index (κ1) is 23.3. The first-order valence-electron chi connectivity index (χ1n) is 12.7. The topological polar surface area (TPSA) is 107 Å². The highest BCUT2D eigenvalue weighted by atomic mass is 16.3. The summed E-state index contributed by atoms with van der Waals surface area (Å²) in [4.78, 5) is 9.64. The average molecular weight is 495 g/mol. The van der Waals surface area contributed by atoms with E-state index in [1.165, 1.54) is 19.3 Å². The summed E-state index contributed by atoms with van der Waals surface area (Å²) in [6.07, 6.45) is 6.86. The van der Waals surface area contributed by atoms with Crippen LogP contribution in [0.25, 0.3) is 28.1 Å². The SMILES string of the molecule is Cc1ccc(Nc2ccc3c(c2)ncn3-c2ccc(C(C)O)c(-c3cnn(CC4CCC4)c3C)n2)nn1. The molecule has 1 aliphatic carbocycles. The molecule has 0 saturated heterocycles. The van der Waals surface area contributed by atoms with E-state index in [1.807, 2.05) is 60.2 Å². The van der Waals surface area contributed by atoms with E-state index in [0.29, 0.717) is 11.7 Å². The highest BCUT2D eigenvalue weighted by molar-refractivity contribution is 5.82. The molecule has 0 radical (unpaired) electrons. The lowest BCUT2D eigenvalue weighted by atomic mass is 9.85. The summed E-state index contributed by atoms with van der Waals surface area (Å²) < 4.78 is 4.05. The summed E-state index contributed by atoms with van der Waals surface area (Å²) in [7, 11) is 0. The van der Waals surface area contributed by atoms with E-state index in [0.717, 1.165) is 57.3 Å². The maximum absolute atomic E-state index is 10.5. The number of aliphatic hydroxyl groups excluding tert-OH is 1. The third-order valence-corrected chi connectivity index (χ3v) is 7.24. The zero-order valence-electron chi connectivity index (χ0n) is 21.3. The van der Waals surface area contributed by atoms with Crippen LogP contribution in [0.5, 0.6) is 0 Å². The second-order valence-corrected chi connectivity index (χ2v) is 9.91. The lowest BCUT2D eigenvalue weighted by molar-refractivity contribution is 0.199.